The van der Waals surface area contributed by atoms with Gasteiger partial charge in [-0.15, -0.1) is 0 Å². The smallest absolute Gasteiger partial charge is 0.264 e. The molecule has 6 N–H and O–H groups in total. The molecule has 11 heteroatoms. The lowest BCUT2D eigenvalue weighted by atomic mass is 9.46. The van der Waals surface area contributed by atoms with Crippen LogP contribution < -0.4 is 10.5 Å². The van der Waals surface area contributed by atoms with E-state index in [9.17, 15) is 38.1 Å². The molecule has 1 aromatic rings. The van der Waals surface area contributed by atoms with Crippen molar-refractivity contribution in [3.05, 3.63) is 48.1 Å². The highest BCUT2D eigenvalue weighted by molar-refractivity contribution is 7.90. The molecule has 0 heterocycles. The van der Waals surface area contributed by atoms with Crippen LogP contribution in [0.1, 0.15) is 52.9 Å². The fourth-order valence-electron chi connectivity index (χ4n) is 7.81. The molecule has 4 aliphatic rings. The standard InChI is InChI=1S/C21H28O5.C8H10N2O3S/c1-19-7-5-13(23)9-12(19)3-4-14-15-6-8-21(26,17(25)11-22)20(15,2)10-16(24)18(14)19;1-6(11)10-14(12,13)8-4-2-7(9)3-5-8/h5,7,9,14-16,18,22,24,26H,3-4,6,8,10-11H2,1-2H3;2-5H,9H2,1H3,(H,10,11)/t14-,15-,16-,18?,19-,20-,21-;/m0./s1. The number of carbonyl (C=O) groups is 3. The number of nitrogen functional groups attached to an aromatic ring is 1. The average molecular weight is 575 g/mol. The third-order valence-corrected chi connectivity index (χ3v) is 11.2. The van der Waals surface area contributed by atoms with Gasteiger partial charge in [-0.2, -0.15) is 0 Å². The number of sulfonamides is 1. The van der Waals surface area contributed by atoms with Crippen molar-refractivity contribution < 1.29 is 38.1 Å². The summed E-state index contributed by atoms with van der Waals surface area (Å²) >= 11 is 0. The number of rotatable bonds is 4. The maximum Gasteiger partial charge on any atom is 0.264 e. The van der Waals surface area contributed by atoms with E-state index >= 15 is 0 Å². The van der Waals surface area contributed by atoms with Crippen LogP contribution in [0.15, 0.2) is 53.0 Å². The monoisotopic (exact) mass is 574 g/mol. The van der Waals surface area contributed by atoms with Gasteiger partial charge < -0.3 is 21.1 Å². The van der Waals surface area contributed by atoms with E-state index in [0.29, 0.717) is 18.5 Å². The van der Waals surface area contributed by atoms with Gasteiger partial charge in [0.2, 0.25) is 5.91 Å². The summed E-state index contributed by atoms with van der Waals surface area (Å²) in [5.41, 5.74) is 4.31. The molecule has 1 aromatic carbocycles. The van der Waals surface area contributed by atoms with Crippen LogP contribution in [0, 0.1) is 28.6 Å². The van der Waals surface area contributed by atoms with Crippen molar-refractivity contribution in [3.63, 3.8) is 0 Å². The Balaban J connectivity index is 0.000000224. The van der Waals surface area contributed by atoms with E-state index in [-0.39, 0.29) is 33.8 Å². The van der Waals surface area contributed by atoms with E-state index in [4.69, 9.17) is 5.73 Å². The number of hydrogen-bond donors (Lipinski definition) is 5. The van der Waals surface area contributed by atoms with E-state index in [1.54, 1.807) is 12.2 Å². The van der Waals surface area contributed by atoms with Crippen LogP contribution in [-0.2, 0) is 24.4 Å². The van der Waals surface area contributed by atoms with Gasteiger partial charge >= 0.3 is 0 Å². The number of benzene rings is 1. The Hall–Kier alpha value is -2.86. The molecule has 7 atom stereocenters. The predicted octanol–water partition coefficient (Wildman–Crippen LogP) is 1.65. The molecule has 218 valence electrons. The number of nitrogens with one attached hydrogen (secondary N) is 1. The van der Waals surface area contributed by atoms with Gasteiger partial charge in [-0.1, -0.05) is 25.5 Å². The number of Topliss-reactive ketones (excluding diaryl/α,β-unsaturated/α-hetero) is 1. The Morgan fingerprint density at radius 3 is 2.40 bits per heavy atom. The van der Waals surface area contributed by atoms with Crippen LogP contribution in [0.2, 0.25) is 0 Å². The second-order valence-corrected chi connectivity index (χ2v) is 13.6. The van der Waals surface area contributed by atoms with Gasteiger partial charge in [0, 0.05) is 29.4 Å². The first kappa shape index (κ1) is 30.1. The summed E-state index contributed by atoms with van der Waals surface area (Å²) in [6, 6.07) is 5.57. The summed E-state index contributed by atoms with van der Waals surface area (Å²) in [7, 11) is -3.73. The molecule has 0 bridgehead atoms. The minimum absolute atomic E-state index is 0.00912. The van der Waals surface area contributed by atoms with Crippen molar-refractivity contribution in [2.75, 3.05) is 12.3 Å². The number of carbonyl (C=O) groups excluding carboxylic acids is 3. The summed E-state index contributed by atoms with van der Waals surface area (Å²) in [5, 5.41) is 31.7. The highest BCUT2D eigenvalue weighted by Gasteiger charge is 2.67. The van der Waals surface area contributed by atoms with Crippen LogP contribution in [0.25, 0.3) is 0 Å². The molecule has 1 amide bonds. The zero-order valence-corrected chi connectivity index (χ0v) is 23.8. The van der Waals surface area contributed by atoms with Crippen molar-refractivity contribution >= 4 is 33.2 Å². The van der Waals surface area contributed by atoms with Crippen molar-refractivity contribution in [2.45, 2.75) is 69.5 Å². The Labute approximate surface area is 234 Å². The Kier molecular flexibility index (Phi) is 7.92. The van der Waals surface area contributed by atoms with Crippen molar-refractivity contribution in [1.82, 2.24) is 4.72 Å². The van der Waals surface area contributed by atoms with E-state index in [1.165, 1.54) is 24.3 Å². The number of aliphatic hydroxyl groups is 3. The maximum absolute atomic E-state index is 12.4. The van der Waals surface area contributed by atoms with Gasteiger partial charge in [0.1, 0.15) is 12.2 Å². The lowest BCUT2D eigenvalue weighted by Gasteiger charge is -2.59. The second-order valence-electron chi connectivity index (χ2n) is 11.9. The predicted molar refractivity (Wildman–Crippen MR) is 147 cm³/mol. The van der Waals surface area contributed by atoms with Gasteiger partial charge in [0.15, 0.2) is 11.6 Å². The van der Waals surface area contributed by atoms with Gasteiger partial charge in [0.25, 0.3) is 10.0 Å². The third-order valence-electron chi connectivity index (χ3n) is 9.72. The fourth-order valence-corrected chi connectivity index (χ4v) is 8.81. The summed E-state index contributed by atoms with van der Waals surface area (Å²) < 4.78 is 24.6. The fraction of sp³-hybridized carbons (Fsp3) is 0.552. The summed E-state index contributed by atoms with van der Waals surface area (Å²) in [6.45, 7) is 4.48. The summed E-state index contributed by atoms with van der Waals surface area (Å²) in [6.07, 6.45) is 7.68. The molecule has 0 aliphatic heterocycles. The highest BCUT2D eigenvalue weighted by Crippen LogP contribution is 2.67. The molecule has 0 radical (unpaired) electrons. The molecule has 0 aromatic heterocycles. The lowest BCUT2D eigenvalue weighted by Crippen LogP contribution is -2.61. The molecule has 0 spiro atoms. The minimum Gasteiger partial charge on any atom is -0.399 e. The van der Waals surface area contributed by atoms with Gasteiger partial charge in [-0.25, -0.2) is 13.1 Å². The molecule has 3 saturated carbocycles. The quantitative estimate of drug-likeness (QED) is 0.334. The van der Waals surface area contributed by atoms with E-state index in [2.05, 4.69) is 6.92 Å². The number of hydrogen-bond acceptors (Lipinski definition) is 9. The maximum atomic E-state index is 12.4. The van der Waals surface area contributed by atoms with Crippen LogP contribution in [0.4, 0.5) is 5.69 Å². The second kappa shape index (κ2) is 10.5. The normalized spacial score (nSPS) is 36.2. The van der Waals surface area contributed by atoms with Gasteiger partial charge in [-0.05, 0) is 80.4 Å². The largest absolute Gasteiger partial charge is 0.399 e. The number of amides is 1. The first-order valence-corrected chi connectivity index (χ1v) is 14.9. The molecule has 1 unspecified atom stereocenters. The Morgan fingerprint density at radius 2 is 1.80 bits per heavy atom. The minimum atomic E-state index is -3.73. The number of allylic oxidation sites excluding steroid dienone is 4. The molecule has 5 rings (SSSR count). The molecule has 3 fully saturated rings. The molecule has 0 saturated heterocycles. The molecule has 10 nitrogen and oxygen atoms in total. The topological polar surface area (TPSA) is 184 Å². The SMILES string of the molecule is CC(=O)NS(=O)(=O)c1ccc(N)cc1.C[C@]12C=CC(=O)C=C1CC[C@@H]1C2[C@@H](O)C[C@@]2(C)[C@H]1CC[C@]2(O)C(=O)CO. The van der Waals surface area contributed by atoms with Gasteiger partial charge in [0.05, 0.1) is 11.0 Å². The number of aliphatic hydroxyl groups excluding tert-OH is 2. The summed E-state index contributed by atoms with van der Waals surface area (Å²) in [5.74, 6) is -0.850. The number of nitrogens with two attached hydrogens (primary N) is 1. The zero-order chi connectivity index (χ0) is 29.7. The first-order valence-electron chi connectivity index (χ1n) is 13.5. The highest BCUT2D eigenvalue weighted by atomic mass is 32.2. The van der Waals surface area contributed by atoms with Crippen LogP contribution in [0.3, 0.4) is 0 Å². The molecule has 4 aliphatic carbocycles. The van der Waals surface area contributed by atoms with Gasteiger partial charge in [-0.3, -0.25) is 14.4 Å². The number of fused-ring (bicyclic) bond motifs is 5. The summed E-state index contributed by atoms with van der Waals surface area (Å²) in [4.78, 5) is 34.8. The lowest BCUT2D eigenvalue weighted by molar-refractivity contribution is -0.178. The number of ketones is 2. The molecular weight excluding hydrogens is 536 g/mol. The van der Waals surface area contributed by atoms with Crippen LogP contribution in [-0.4, -0.2) is 59.5 Å². The van der Waals surface area contributed by atoms with Crippen molar-refractivity contribution in [2.24, 2.45) is 28.6 Å². The van der Waals surface area contributed by atoms with Crippen LogP contribution in [0.5, 0.6) is 0 Å². The molecule has 40 heavy (non-hydrogen) atoms. The van der Waals surface area contributed by atoms with Crippen LogP contribution >= 0.6 is 0 Å². The zero-order valence-electron chi connectivity index (χ0n) is 23.0. The van der Waals surface area contributed by atoms with E-state index in [1.807, 2.05) is 17.7 Å². The first-order chi connectivity index (χ1) is 18.6. The van der Waals surface area contributed by atoms with Crippen molar-refractivity contribution in [1.29, 1.82) is 0 Å². The van der Waals surface area contributed by atoms with Crippen molar-refractivity contribution in [3.8, 4) is 0 Å². The average Bonchev–Trinajstić information content (AvgIpc) is 3.14. The van der Waals surface area contributed by atoms with E-state index in [0.717, 1.165) is 31.8 Å². The Morgan fingerprint density at radius 1 is 1.15 bits per heavy atom. The third kappa shape index (κ3) is 4.93. The Bertz CT molecular complexity index is 1370. The van der Waals surface area contributed by atoms with E-state index < -0.39 is 45.4 Å². The number of anilines is 1. The molecular formula is C29H38N2O8S.